The molecular weight excluding hydrogens is 616 g/mol. The van der Waals surface area contributed by atoms with Gasteiger partial charge >= 0.3 is 0 Å². The van der Waals surface area contributed by atoms with E-state index >= 15 is 0 Å². The van der Waals surface area contributed by atoms with E-state index < -0.39 is 28.5 Å². The van der Waals surface area contributed by atoms with Gasteiger partial charge in [-0.3, -0.25) is 13.9 Å². The number of amides is 2. The molecule has 12 heteroatoms. The molecule has 1 atom stereocenters. The molecule has 0 unspecified atom stereocenters. The highest BCUT2D eigenvalue weighted by molar-refractivity contribution is 7.92. The zero-order valence-electron chi connectivity index (χ0n) is 21.9. The highest BCUT2D eigenvalue weighted by atomic mass is 35.5. The van der Waals surface area contributed by atoms with Crippen molar-refractivity contribution >= 4 is 73.9 Å². The molecule has 0 heterocycles. The summed E-state index contributed by atoms with van der Waals surface area (Å²) in [5.74, 6) is -0.974. The number of carbonyl (C=O) groups is 2. The van der Waals surface area contributed by atoms with Crippen LogP contribution in [-0.2, 0) is 26.2 Å². The van der Waals surface area contributed by atoms with E-state index in [4.69, 9.17) is 46.4 Å². The number of hydrogen-bond donors (Lipinski definition) is 1. The standard InChI is InChI=1S/C28H29Cl4N3O4S/c1-3-4-14-33-28(37)19(2)34(17-20-8-13-25(31)26(32)15-20)27(36)18-35(23-7-5-6-22(30)16-23)40(38,39)24-11-9-21(29)10-12-24/h5-13,15-16,19H,3-4,14,17-18H2,1-2H3,(H,33,37)/t19-/m0/s1. The Kier molecular flexibility index (Phi) is 11.5. The van der Waals surface area contributed by atoms with Gasteiger partial charge < -0.3 is 10.2 Å². The molecule has 0 aliphatic rings. The molecule has 0 saturated carbocycles. The van der Waals surface area contributed by atoms with Gasteiger partial charge in [0.25, 0.3) is 10.0 Å². The third-order valence-corrected chi connectivity index (χ3v) is 9.12. The van der Waals surface area contributed by atoms with E-state index in [1.165, 1.54) is 41.3 Å². The first-order valence-corrected chi connectivity index (χ1v) is 15.4. The number of carbonyl (C=O) groups excluding carboxylic acids is 2. The number of unbranched alkanes of at least 4 members (excludes halogenated alkanes) is 1. The van der Waals surface area contributed by atoms with Crippen molar-refractivity contribution < 1.29 is 18.0 Å². The Bertz CT molecular complexity index is 1450. The summed E-state index contributed by atoms with van der Waals surface area (Å²) in [6, 6.07) is 15.8. The van der Waals surface area contributed by atoms with Gasteiger partial charge in [0, 0.05) is 23.1 Å². The molecule has 3 aromatic rings. The third-order valence-electron chi connectivity index (χ3n) is 6.11. The van der Waals surface area contributed by atoms with Crippen LogP contribution in [0.5, 0.6) is 0 Å². The van der Waals surface area contributed by atoms with E-state index in [2.05, 4.69) is 5.32 Å². The average molecular weight is 645 g/mol. The molecule has 3 rings (SSSR count). The van der Waals surface area contributed by atoms with E-state index in [-0.39, 0.29) is 33.1 Å². The first-order chi connectivity index (χ1) is 18.9. The number of benzene rings is 3. The molecule has 0 radical (unpaired) electrons. The van der Waals surface area contributed by atoms with Gasteiger partial charge in [-0.2, -0.15) is 0 Å². The van der Waals surface area contributed by atoms with Gasteiger partial charge in [-0.05, 0) is 73.5 Å². The second-order valence-corrected chi connectivity index (χ2v) is 12.6. The maximum absolute atomic E-state index is 13.9. The fourth-order valence-electron chi connectivity index (χ4n) is 3.85. The second kappa shape index (κ2) is 14.4. The summed E-state index contributed by atoms with van der Waals surface area (Å²) in [7, 11) is -4.24. The SMILES string of the molecule is CCCCNC(=O)[C@H](C)N(Cc1ccc(Cl)c(Cl)c1)C(=O)CN(c1cccc(Cl)c1)S(=O)(=O)c1ccc(Cl)cc1. The summed E-state index contributed by atoms with van der Waals surface area (Å²) in [5.41, 5.74) is 0.802. The maximum atomic E-state index is 13.9. The van der Waals surface area contributed by atoms with Crippen molar-refractivity contribution in [2.24, 2.45) is 0 Å². The summed E-state index contributed by atoms with van der Waals surface area (Å²) >= 11 is 24.4. The fraction of sp³-hybridized carbons (Fsp3) is 0.286. The average Bonchev–Trinajstić information content (AvgIpc) is 2.92. The van der Waals surface area contributed by atoms with E-state index in [0.29, 0.717) is 22.2 Å². The Morgan fingerprint density at radius 1 is 0.900 bits per heavy atom. The van der Waals surface area contributed by atoms with Crippen LogP contribution in [0, 0.1) is 0 Å². The van der Waals surface area contributed by atoms with Crippen LogP contribution in [0.1, 0.15) is 32.3 Å². The molecule has 214 valence electrons. The molecule has 0 spiro atoms. The minimum absolute atomic E-state index is 0.0114. The molecule has 0 bridgehead atoms. The number of halogens is 4. The fourth-order valence-corrected chi connectivity index (χ4v) is 5.88. The van der Waals surface area contributed by atoms with Crippen molar-refractivity contribution in [3.8, 4) is 0 Å². The lowest BCUT2D eigenvalue weighted by Crippen LogP contribution is -2.51. The van der Waals surface area contributed by atoms with Crippen LogP contribution in [0.2, 0.25) is 20.1 Å². The quantitative estimate of drug-likeness (QED) is 0.219. The summed E-state index contributed by atoms with van der Waals surface area (Å²) < 4.78 is 28.5. The summed E-state index contributed by atoms with van der Waals surface area (Å²) in [5, 5.41) is 4.12. The van der Waals surface area contributed by atoms with E-state index in [0.717, 1.165) is 17.1 Å². The van der Waals surface area contributed by atoms with Crippen LogP contribution >= 0.6 is 46.4 Å². The molecule has 1 N–H and O–H groups in total. The van der Waals surface area contributed by atoms with Gasteiger partial charge in [-0.25, -0.2) is 8.42 Å². The van der Waals surface area contributed by atoms with Gasteiger partial charge in [-0.1, -0.05) is 71.9 Å². The van der Waals surface area contributed by atoms with E-state index in [9.17, 15) is 18.0 Å². The smallest absolute Gasteiger partial charge is 0.264 e. The molecule has 0 aromatic heterocycles. The zero-order valence-corrected chi connectivity index (χ0v) is 25.8. The highest BCUT2D eigenvalue weighted by Gasteiger charge is 2.32. The lowest BCUT2D eigenvalue weighted by atomic mass is 10.1. The molecule has 0 aliphatic carbocycles. The molecule has 0 saturated heterocycles. The maximum Gasteiger partial charge on any atom is 0.264 e. The first kappa shape index (κ1) is 32.0. The summed E-state index contributed by atoms with van der Waals surface area (Å²) in [6.45, 7) is 3.44. The van der Waals surface area contributed by atoms with Gasteiger partial charge in [-0.15, -0.1) is 0 Å². The van der Waals surface area contributed by atoms with Crippen molar-refractivity contribution in [1.29, 1.82) is 0 Å². The molecular formula is C28H29Cl4N3O4S. The topological polar surface area (TPSA) is 86.8 Å². The predicted octanol–water partition coefficient (Wildman–Crippen LogP) is 6.83. The van der Waals surface area contributed by atoms with Crippen LogP contribution in [0.3, 0.4) is 0 Å². The number of anilines is 1. The molecule has 40 heavy (non-hydrogen) atoms. The van der Waals surface area contributed by atoms with Crippen molar-refractivity contribution in [3.05, 3.63) is 92.4 Å². The van der Waals surface area contributed by atoms with Crippen LogP contribution in [0.25, 0.3) is 0 Å². The van der Waals surface area contributed by atoms with Crippen LogP contribution in [-0.4, -0.2) is 44.3 Å². The summed E-state index contributed by atoms with van der Waals surface area (Å²) in [6.07, 6.45) is 1.67. The molecule has 0 aliphatic heterocycles. The Hall–Kier alpha value is -2.49. The van der Waals surface area contributed by atoms with Crippen LogP contribution in [0.15, 0.2) is 71.6 Å². The van der Waals surface area contributed by atoms with Gasteiger partial charge in [0.1, 0.15) is 12.6 Å². The van der Waals surface area contributed by atoms with Crippen molar-refractivity contribution in [3.63, 3.8) is 0 Å². The van der Waals surface area contributed by atoms with E-state index in [1.54, 1.807) is 37.3 Å². The molecule has 0 fully saturated rings. The van der Waals surface area contributed by atoms with Gasteiger partial charge in [0.2, 0.25) is 11.8 Å². The number of sulfonamides is 1. The monoisotopic (exact) mass is 643 g/mol. The third kappa shape index (κ3) is 8.27. The molecule has 3 aromatic carbocycles. The Morgan fingerprint density at radius 2 is 1.60 bits per heavy atom. The molecule has 7 nitrogen and oxygen atoms in total. The second-order valence-electron chi connectivity index (χ2n) is 9.04. The van der Waals surface area contributed by atoms with Gasteiger partial charge in [0.15, 0.2) is 0 Å². The van der Waals surface area contributed by atoms with Crippen molar-refractivity contribution in [2.75, 3.05) is 17.4 Å². The minimum Gasteiger partial charge on any atom is -0.354 e. The Balaban J connectivity index is 2.01. The van der Waals surface area contributed by atoms with E-state index in [1.807, 2.05) is 6.92 Å². The minimum atomic E-state index is -4.24. The van der Waals surface area contributed by atoms with Crippen molar-refractivity contribution in [2.45, 2.75) is 44.2 Å². The normalized spacial score (nSPS) is 12.1. The predicted molar refractivity (Wildman–Crippen MR) is 162 cm³/mol. The zero-order chi connectivity index (χ0) is 29.4. The van der Waals surface area contributed by atoms with Crippen LogP contribution < -0.4 is 9.62 Å². The number of nitrogens with zero attached hydrogens (tertiary/aromatic N) is 2. The number of rotatable bonds is 12. The number of hydrogen-bond acceptors (Lipinski definition) is 4. The Morgan fingerprint density at radius 3 is 2.23 bits per heavy atom. The van der Waals surface area contributed by atoms with Crippen molar-refractivity contribution in [1.82, 2.24) is 10.2 Å². The van der Waals surface area contributed by atoms with Gasteiger partial charge in [0.05, 0.1) is 20.6 Å². The lowest BCUT2D eigenvalue weighted by molar-refractivity contribution is -0.139. The number of nitrogens with one attached hydrogen (secondary N) is 1. The lowest BCUT2D eigenvalue weighted by Gasteiger charge is -2.32. The first-order valence-electron chi connectivity index (χ1n) is 12.5. The summed E-state index contributed by atoms with van der Waals surface area (Å²) in [4.78, 5) is 28.2. The Labute approximate surface area is 255 Å². The molecule has 2 amide bonds. The van der Waals surface area contributed by atoms with Crippen LogP contribution in [0.4, 0.5) is 5.69 Å². The highest BCUT2D eigenvalue weighted by Crippen LogP contribution is 2.28. The largest absolute Gasteiger partial charge is 0.354 e.